The third-order valence-corrected chi connectivity index (χ3v) is 5.71. The van der Waals surface area contributed by atoms with Crippen LogP contribution < -0.4 is 9.47 Å². The summed E-state index contributed by atoms with van der Waals surface area (Å²) in [6, 6.07) is 15.4. The van der Waals surface area contributed by atoms with Crippen molar-refractivity contribution in [3.05, 3.63) is 64.6 Å². The Bertz CT molecular complexity index is 896. The van der Waals surface area contributed by atoms with Crippen LogP contribution in [0.4, 0.5) is 0 Å². The van der Waals surface area contributed by atoms with Crippen molar-refractivity contribution in [2.45, 2.75) is 26.8 Å². The number of ether oxygens (including phenoxy) is 2. The Kier molecular flexibility index (Phi) is 6.75. The predicted octanol–water partition coefficient (Wildman–Crippen LogP) is 5.45. The molecule has 0 radical (unpaired) electrons. The maximum Gasteiger partial charge on any atom is 0.266 e. The van der Waals surface area contributed by atoms with Gasteiger partial charge >= 0.3 is 0 Å². The second-order valence-corrected chi connectivity index (χ2v) is 7.88. The highest BCUT2D eigenvalue weighted by molar-refractivity contribution is 8.26. The molecule has 1 saturated heterocycles. The van der Waals surface area contributed by atoms with Gasteiger partial charge in [0.1, 0.15) is 15.8 Å². The van der Waals surface area contributed by atoms with Crippen LogP contribution in [0.15, 0.2) is 53.4 Å². The van der Waals surface area contributed by atoms with Crippen LogP contribution in [-0.2, 0) is 4.79 Å². The van der Waals surface area contributed by atoms with Crippen molar-refractivity contribution in [1.82, 2.24) is 4.90 Å². The van der Waals surface area contributed by atoms with Crippen molar-refractivity contribution in [1.29, 1.82) is 0 Å². The molecule has 6 heteroatoms. The maximum absolute atomic E-state index is 13.1. The number of amides is 1. The molecule has 0 aliphatic carbocycles. The number of rotatable bonds is 7. The molecule has 1 fully saturated rings. The third-order valence-electron chi connectivity index (χ3n) is 4.38. The van der Waals surface area contributed by atoms with Crippen LogP contribution in [0, 0.1) is 0 Å². The first-order valence-corrected chi connectivity index (χ1v) is 10.5. The van der Waals surface area contributed by atoms with E-state index in [0.717, 1.165) is 16.9 Å². The van der Waals surface area contributed by atoms with E-state index in [-0.39, 0.29) is 11.9 Å². The molecule has 0 saturated carbocycles. The lowest BCUT2D eigenvalue weighted by molar-refractivity contribution is -0.123. The molecule has 28 heavy (non-hydrogen) atoms. The molecular weight excluding hydrogens is 390 g/mol. The monoisotopic (exact) mass is 413 g/mol. The Morgan fingerprint density at radius 1 is 1.11 bits per heavy atom. The smallest absolute Gasteiger partial charge is 0.266 e. The first-order chi connectivity index (χ1) is 13.5. The van der Waals surface area contributed by atoms with Gasteiger partial charge in [0.2, 0.25) is 0 Å². The number of carbonyl (C=O) groups excluding carboxylic acids is 1. The Hall–Kier alpha value is -2.31. The summed E-state index contributed by atoms with van der Waals surface area (Å²) >= 11 is 6.83. The molecule has 0 N–H and O–H groups in total. The fourth-order valence-electron chi connectivity index (χ4n) is 3.01. The molecule has 146 valence electrons. The average molecular weight is 414 g/mol. The van der Waals surface area contributed by atoms with Crippen LogP contribution in [0.25, 0.3) is 6.08 Å². The van der Waals surface area contributed by atoms with E-state index in [4.69, 9.17) is 21.7 Å². The number of thioether (sulfide) groups is 1. The molecule has 1 aliphatic heterocycles. The van der Waals surface area contributed by atoms with Crippen molar-refractivity contribution < 1.29 is 14.3 Å². The molecule has 0 bridgehead atoms. The zero-order chi connectivity index (χ0) is 20.1. The van der Waals surface area contributed by atoms with E-state index in [9.17, 15) is 4.79 Å². The Morgan fingerprint density at radius 3 is 2.50 bits per heavy atom. The van der Waals surface area contributed by atoms with Crippen LogP contribution in [0.3, 0.4) is 0 Å². The van der Waals surface area contributed by atoms with Crippen LogP contribution >= 0.6 is 24.0 Å². The molecule has 1 heterocycles. The average Bonchev–Trinajstić information content (AvgIpc) is 2.97. The minimum atomic E-state index is -0.119. The normalized spacial score (nSPS) is 16.5. The fraction of sp³-hybridized carbons (Fsp3) is 0.273. The molecule has 2 aromatic rings. The zero-order valence-corrected chi connectivity index (χ0v) is 17.8. The standard InChI is InChI=1S/C22H23NO3S2/c1-4-25-18-12-11-17(19(14-18)26-5-2)13-20-21(24)23(22(27)28-20)15(3)16-9-7-6-8-10-16/h6-15H,4-5H2,1-3H3/b20-13-. The van der Waals surface area contributed by atoms with Gasteiger partial charge in [-0.25, -0.2) is 0 Å². The minimum Gasteiger partial charge on any atom is -0.494 e. The van der Waals surface area contributed by atoms with Gasteiger partial charge in [0.05, 0.1) is 24.2 Å². The molecule has 0 spiro atoms. The maximum atomic E-state index is 13.1. The van der Waals surface area contributed by atoms with Gasteiger partial charge < -0.3 is 9.47 Å². The number of hydrogen-bond acceptors (Lipinski definition) is 5. The molecule has 3 rings (SSSR count). The van der Waals surface area contributed by atoms with Crippen molar-refractivity contribution in [3.8, 4) is 11.5 Å². The first kappa shape index (κ1) is 20.4. The van der Waals surface area contributed by atoms with Crippen molar-refractivity contribution in [3.63, 3.8) is 0 Å². The minimum absolute atomic E-state index is 0.0808. The van der Waals surface area contributed by atoms with E-state index >= 15 is 0 Å². The molecule has 4 nitrogen and oxygen atoms in total. The van der Waals surface area contributed by atoms with Crippen LogP contribution in [0.1, 0.15) is 37.9 Å². The summed E-state index contributed by atoms with van der Waals surface area (Å²) in [6.45, 7) is 6.97. The summed E-state index contributed by atoms with van der Waals surface area (Å²) in [5.74, 6) is 1.35. The highest BCUT2D eigenvalue weighted by Crippen LogP contribution is 2.39. The lowest BCUT2D eigenvalue weighted by Gasteiger charge is -2.23. The summed E-state index contributed by atoms with van der Waals surface area (Å²) in [4.78, 5) is 15.3. The molecule has 1 aliphatic rings. The zero-order valence-electron chi connectivity index (χ0n) is 16.2. The van der Waals surface area contributed by atoms with Gasteiger partial charge in [-0.2, -0.15) is 0 Å². The van der Waals surface area contributed by atoms with Crippen molar-refractivity contribution in [2.75, 3.05) is 13.2 Å². The molecule has 1 atom stereocenters. The number of carbonyl (C=O) groups is 1. The van der Waals surface area contributed by atoms with Crippen molar-refractivity contribution >= 4 is 40.3 Å². The Morgan fingerprint density at radius 2 is 1.82 bits per heavy atom. The summed E-state index contributed by atoms with van der Waals surface area (Å²) in [6.07, 6.45) is 1.84. The summed E-state index contributed by atoms with van der Waals surface area (Å²) < 4.78 is 11.9. The van der Waals surface area contributed by atoms with Gasteiger partial charge in [-0.05, 0) is 44.5 Å². The van der Waals surface area contributed by atoms with E-state index in [1.807, 2.05) is 75.4 Å². The molecule has 1 amide bonds. The van der Waals surface area contributed by atoms with Gasteiger partial charge in [0.15, 0.2) is 0 Å². The lowest BCUT2D eigenvalue weighted by Crippen LogP contribution is -2.30. The second-order valence-electron chi connectivity index (χ2n) is 6.20. The third kappa shape index (κ3) is 4.39. The van der Waals surface area contributed by atoms with Gasteiger partial charge in [0.25, 0.3) is 5.91 Å². The molecule has 2 aromatic carbocycles. The highest BCUT2D eigenvalue weighted by atomic mass is 32.2. The van der Waals surface area contributed by atoms with E-state index in [0.29, 0.717) is 28.2 Å². The van der Waals surface area contributed by atoms with E-state index in [1.54, 1.807) is 4.90 Å². The molecule has 0 aromatic heterocycles. The van der Waals surface area contributed by atoms with Gasteiger partial charge in [-0.3, -0.25) is 9.69 Å². The summed E-state index contributed by atoms with van der Waals surface area (Å²) in [7, 11) is 0. The fourth-order valence-corrected chi connectivity index (χ4v) is 4.42. The second kappa shape index (κ2) is 9.26. The topological polar surface area (TPSA) is 38.8 Å². The van der Waals surface area contributed by atoms with Gasteiger partial charge in [0, 0.05) is 11.6 Å². The summed E-state index contributed by atoms with van der Waals surface area (Å²) in [5, 5.41) is 0. The van der Waals surface area contributed by atoms with Gasteiger partial charge in [-0.15, -0.1) is 0 Å². The van der Waals surface area contributed by atoms with Crippen LogP contribution in [0.2, 0.25) is 0 Å². The molecule has 1 unspecified atom stereocenters. The van der Waals surface area contributed by atoms with E-state index in [2.05, 4.69) is 0 Å². The molecular formula is C22H23NO3S2. The quantitative estimate of drug-likeness (QED) is 0.446. The lowest BCUT2D eigenvalue weighted by atomic mass is 10.1. The SMILES string of the molecule is CCOc1ccc(/C=C2\SC(=S)N(C(C)c3ccccc3)C2=O)c(OCC)c1. The number of hydrogen-bond donors (Lipinski definition) is 0. The number of benzene rings is 2. The largest absolute Gasteiger partial charge is 0.494 e. The van der Waals surface area contributed by atoms with E-state index in [1.165, 1.54) is 11.8 Å². The highest BCUT2D eigenvalue weighted by Gasteiger charge is 2.36. The Labute approximate surface area is 175 Å². The van der Waals surface area contributed by atoms with Crippen LogP contribution in [-0.4, -0.2) is 28.3 Å². The van der Waals surface area contributed by atoms with Gasteiger partial charge in [-0.1, -0.05) is 54.3 Å². The number of thiocarbonyl (C=S) groups is 1. The van der Waals surface area contributed by atoms with Crippen LogP contribution in [0.5, 0.6) is 11.5 Å². The Balaban J connectivity index is 1.89. The predicted molar refractivity (Wildman–Crippen MR) is 119 cm³/mol. The summed E-state index contributed by atoms with van der Waals surface area (Å²) in [5.41, 5.74) is 1.88. The van der Waals surface area contributed by atoms with Crippen molar-refractivity contribution in [2.24, 2.45) is 0 Å². The first-order valence-electron chi connectivity index (χ1n) is 9.26. The number of nitrogens with zero attached hydrogens (tertiary/aromatic N) is 1. The van der Waals surface area contributed by atoms with E-state index < -0.39 is 0 Å².